The Morgan fingerprint density at radius 2 is 2.16 bits per heavy atom. The fourth-order valence-electron chi connectivity index (χ4n) is 2.54. The number of nitrogens with zero attached hydrogens (tertiary/aromatic N) is 1. The van der Waals surface area contributed by atoms with Crippen molar-refractivity contribution in [1.82, 2.24) is 4.90 Å². The smallest absolute Gasteiger partial charge is 0.254 e. The van der Waals surface area contributed by atoms with Gasteiger partial charge < -0.3 is 10.6 Å². The van der Waals surface area contributed by atoms with Gasteiger partial charge in [-0.05, 0) is 49.9 Å². The van der Waals surface area contributed by atoms with Crippen molar-refractivity contribution in [2.45, 2.75) is 32.2 Å². The molecule has 3 nitrogen and oxygen atoms in total. The quantitative estimate of drug-likeness (QED) is 0.913. The van der Waals surface area contributed by atoms with E-state index in [1.165, 1.54) is 0 Å². The van der Waals surface area contributed by atoms with Crippen molar-refractivity contribution in [3.05, 3.63) is 34.3 Å². The maximum absolute atomic E-state index is 12.5. The van der Waals surface area contributed by atoms with Crippen LogP contribution in [0.3, 0.4) is 0 Å². The Hall–Kier alpha value is -0.770. The summed E-state index contributed by atoms with van der Waals surface area (Å²) in [6, 6.07) is 5.65. The Morgan fingerprint density at radius 1 is 1.42 bits per heavy atom. The minimum Gasteiger partial charge on any atom is -0.334 e. The predicted octanol–water partition coefficient (Wildman–Crippen LogP) is 3.02. The van der Waals surface area contributed by atoms with Gasteiger partial charge in [0.2, 0.25) is 0 Å². The van der Waals surface area contributed by atoms with Crippen molar-refractivity contribution >= 4 is 29.9 Å². The summed E-state index contributed by atoms with van der Waals surface area (Å²) in [5.41, 5.74) is 7.42. The SMILES string of the molecule is Cc1cc(Cl)cc(C(=O)N2CCCCC2CN)c1.Cl. The van der Waals surface area contributed by atoms with Gasteiger partial charge in [0.05, 0.1) is 0 Å². The fourth-order valence-corrected chi connectivity index (χ4v) is 2.83. The standard InChI is InChI=1S/C14H19ClN2O.ClH/c1-10-6-11(8-12(15)7-10)14(18)17-5-3-2-4-13(17)9-16;/h6-8,13H,2-5,9,16H2,1H3;1H. The largest absolute Gasteiger partial charge is 0.334 e. The molecule has 1 saturated heterocycles. The predicted molar refractivity (Wildman–Crippen MR) is 81.2 cm³/mol. The number of rotatable bonds is 2. The lowest BCUT2D eigenvalue weighted by Crippen LogP contribution is -2.47. The number of carbonyl (C=O) groups is 1. The van der Waals surface area contributed by atoms with E-state index in [0.29, 0.717) is 17.1 Å². The maximum atomic E-state index is 12.5. The van der Waals surface area contributed by atoms with Crippen LogP contribution < -0.4 is 5.73 Å². The third-order valence-corrected chi connectivity index (χ3v) is 3.67. The molecule has 1 atom stereocenters. The normalized spacial score (nSPS) is 18.9. The molecule has 1 unspecified atom stereocenters. The first-order chi connectivity index (χ1) is 8.61. The number of likely N-dealkylation sites (tertiary alicyclic amines) is 1. The van der Waals surface area contributed by atoms with E-state index in [1.807, 2.05) is 24.0 Å². The first kappa shape index (κ1) is 16.3. The zero-order valence-corrected chi connectivity index (χ0v) is 12.6. The molecule has 1 aromatic rings. The highest BCUT2D eigenvalue weighted by molar-refractivity contribution is 6.31. The van der Waals surface area contributed by atoms with Gasteiger partial charge >= 0.3 is 0 Å². The Bertz CT molecular complexity index is 431. The second-order valence-corrected chi connectivity index (χ2v) is 5.34. The fraction of sp³-hybridized carbons (Fsp3) is 0.500. The number of nitrogens with two attached hydrogens (primary N) is 1. The minimum absolute atomic E-state index is 0. The van der Waals surface area contributed by atoms with Crippen molar-refractivity contribution in [2.75, 3.05) is 13.1 Å². The monoisotopic (exact) mass is 302 g/mol. The van der Waals surface area contributed by atoms with E-state index in [1.54, 1.807) is 6.07 Å². The Kier molecular flexibility index (Phi) is 6.11. The molecule has 0 spiro atoms. The van der Waals surface area contributed by atoms with Crippen molar-refractivity contribution in [2.24, 2.45) is 5.73 Å². The summed E-state index contributed by atoms with van der Waals surface area (Å²) in [5.74, 6) is 0.0516. The van der Waals surface area contributed by atoms with Gasteiger partial charge in [-0.3, -0.25) is 4.79 Å². The van der Waals surface area contributed by atoms with E-state index in [-0.39, 0.29) is 24.4 Å². The molecule has 19 heavy (non-hydrogen) atoms. The summed E-state index contributed by atoms with van der Waals surface area (Å²) in [6.45, 7) is 3.27. The summed E-state index contributed by atoms with van der Waals surface area (Å²) in [7, 11) is 0. The Balaban J connectivity index is 0.00000180. The van der Waals surface area contributed by atoms with Crippen molar-refractivity contribution in [1.29, 1.82) is 0 Å². The molecule has 5 heteroatoms. The summed E-state index contributed by atoms with van der Waals surface area (Å²) in [4.78, 5) is 14.4. The van der Waals surface area contributed by atoms with E-state index >= 15 is 0 Å². The molecule has 2 N–H and O–H groups in total. The highest BCUT2D eigenvalue weighted by Gasteiger charge is 2.26. The van der Waals surface area contributed by atoms with E-state index in [0.717, 1.165) is 31.4 Å². The van der Waals surface area contributed by atoms with Crippen LogP contribution in [0.25, 0.3) is 0 Å². The second-order valence-electron chi connectivity index (χ2n) is 4.90. The zero-order valence-electron chi connectivity index (χ0n) is 11.1. The first-order valence-electron chi connectivity index (χ1n) is 6.40. The van der Waals surface area contributed by atoms with Gasteiger partial charge in [-0.1, -0.05) is 11.6 Å². The third kappa shape index (κ3) is 3.85. The van der Waals surface area contributed by atoms with Crippen LogP contribution in [-0.4, -0.2) is 29.9 Å². The molecule has 2 rings (SSSR count). The highest BCUT2D eigenvalue weighted by Crippen LogP contribution is 2.21. The lowest BCUT2D eigenvalue weighted by atomic mass is 10.0. The van der Waals surface area contributed by atoms with Crippen LogP contribution >= 0.6 is 24.0 Å². The molecule has 0 saturated carbocycles. The van der Waals surface area contributed by atoms with Gasteiger partial charge in [0.1, 0.15) is 0 Å². The number of hydrogen-bond acceptors (Lipinski definition) is 2. The average Bonchev–Trinajstić information content (AvgIpc) is 2.36. The van der Waals surface area contributed by atoms with Crippen LogP contribution in [0.2, 0.25) is 5.02 Å². The molecule has 0 aromatic heterocycles. The number of hydrogen-bond donors (Lipinski definition) is 1. The van der Waals surface area contributed by atoms with Gasteiger partial charge in [0, 0.05) is 29.7 Å². The summed E-state index contributed by atoms with van der Waals surface area (Å²) in [5, 5.41) is 0.611. The Labute approximate surface area is 125 Å². The van der Waals surface area contributed by atoms with Crippen LogP contribution in [0.4, 0.5) is 0 Å². The molecule has 1 aromatic carbocycles. The molecule has 1 aliphatic heterocycles. The van der Waals surface area contributed by atoms with Crippen LogP contribution in [-0.2, 0) is 0 Å². The van der Waals surface area contributed by atoms with Gasteiger partial charge in [-0.2, -0.15) is 0 Å². The van der Waals surface area contributed by atoms with E-state index in [9.17, 15) is 4.79 Å². The van der Waals surface area contributed by atoms with Crippen molar-refractivity contribution in [3.63, 3.8) is 0 Å². The zero-order chi connectivity index (χ0) is 13.1. The summed E-state index contributed by atoms with van der Waals surface area (Å²) >= 11 is 6.01. The average molecular weight is 303 g/mol. The lowest BCUT2D eigenvalue weighted by molar-refractivity contribution is 0.0623. The van der Waals surface area contributed by atoms with Gasteiger partial charge in [0.15, 0.2) is 0 Å². The van der Waals surface area contributed by atoms with Crippen molar-refractivity contribution < 1.29 is 4.79 Å². The Morgan fingerprint density at radius 3 is 2.79 bits per heavy atom. The molecule has 1 heterocycles. The highest BCUT2D eigenvalue weighted by atomic mass is 35.5. The molecular formula is C14H20Cl2N2O. The number of amides is 1. The minimum atomic E-state index is 0. The molecular weight excluding hydrogens is 283 g/mol. The van der Waals surface area contributed by atoms with Crippen LogP contribution in [0.1, 0.15) is 35.2 Å². The molecule has 0 radical (unpaired) electrons. The van der Waals surface area contributed by atoms with Gasteiger partial charge in [0.25, 0.3) is 5.91 Å². The van der Waals surface area contributed by atoms with Crippen molar-refractivity contribution in [3.8, 4) is 0 Å². The van der Waals surface area contributed by atoms with E-state index in [4.69, 9.17) is 17.3 Å². The summed E-state index contributed by atoms with van der Waals surface area (Å²) in [6.07, 6.45) is 3.21. The molecule has 1 amide bonds. The number of piperidine rings is 1. The topological polar surface area (TPSA) is 46.3 Å². The maximum Gasteiger partial charge on any atom is 0.254 e. The van der Waals surface area contributed by atoms with E-state index in [2.05, 4.69) is 0 Å². The van der Waals surface area contributed by atoms with E-state index < -0.39 is 0 Å². The lowest BCUT2D eigenvalue weighted by Gasteiger charge is -2.35. The molecule has 0 aliphatic carbocycles. The number of benzene rings is 1. The molecule has 1 fully saturated rings. The second kappa shape index (κ2) is 7.13. The van der Waals surface area contributed by atoms with Gasteiger partial charge in [-0.25, -0.2) is 0 Å². The number of carbonyl (C=O) groups excluding carboxylic acids is 1. The van der Waals surface area contributed by atoms with Crippen LogP contribution in [0, 0.1) is 6.92 Å². The number of aryl methyl sites for hydroxylation is 1. The molecule has 1 aliphatic rings. The van der Waals surface area contributed by atoms with Crippen LogP contribution in [0.15, 0.2) is 18.2 Å². The van der Waals surface area contributed by atoms with Gasteiger partial charge in [-0.15, -0.1) is 12.4 Å². The summed E-state index contributed by atoms with van der Waals surface area (Å²) < 4.78 is 0. The molecule has 106 valence electrons. The third-order valence-electron chi connectivity index (χ3n) is 3.45. The van der Waals surface area contributed by atoms with Crippen LogP contribution in [0.5, 0.6) is 0 Å². The molecule has 0 bridgehead atoms. The first-order valence-corrected chi connectivity index (χ1v) is 6.78. The number of halogens is 2.